The summed E-state index contributed by atoms with van der Waals surface area (Å²) in [7, 11) is -1.12. The lowest BCUT2D eigenvalue weighted by molar-refractivity contribution is -0.201. The third-order valence-corrected chi connectivity index (χ3v) is 5.65. The third kappa shape index (κ3) is 5.69. The summed E-state index contributed by atoms with van der Waals surface area (Å²) in [6.45, 7) is -0.608. The monoisotopic (exact) mass is 496 g/mol. The highest BCUT2D eigenvalue weighted by Gasteiger charge is 2.54. The Kier molecular flexibility index (Phi) is 9.23. The highest BCUT2D eigenvalue weighted by molar-refractivity contribution is 6.37. The second-order valence-electron chi connectivity index (χ2n) is 7.75. The van der Waals surface area contributed by atoms with Gasteiger partial charge in [0, 0.05) is 14.2 Å². The Balaban J connectivity index is 1.97. The first-order valence-electron chi connectivity index (χ1n) is 10.2. The molecule has 3 saturated heterocycles. The van der Waals surface area contributed by atoms with Crippen molar-refractivity contribution in [3.63, 3.8) is 0 Å². The van der Waals surface area contributed by atoms with Crippen LogP contribution >= 0.6 is 0 Å². The van der Waals surface area contributed by atoms with Crippen LogP contribution in [0.1, 0.15) is 0 Å². The molecule has 0 aromatic rings. The van der Waals surface area contributed by atoms with Gasteiger partial charge in [0.05, 0.1) is 19.3 Å². The van der Waals surface area contributed by atoms with Gasteiger partial charge in [0.15, 0.2) is 12.2 Å². The molecular formula is C16H26B2O16. The fourth-order valence-corrected chi connectivity index (χ4v) is 3.79. The number of carboxylic acid groups (broad SMARTS) is 2. The van der Waals surface area contributed by atoms with E-state index in [0.29, 0.717) is 0 Å². The van der Waals surface area contributed by atoms with Crippen LogP contribution in [0.25, 0.3) is 0 Å². The maximum Gasteiger partial charge on any atom is 0.641 e. The quantitative estimate of drug-likeness (QED) is 0.201. The molecule has 192 valence electrons. The fourth-order valence-electron chi connectivity index (χ4n) is 3.79. The number of fused-ring (bicyclic) bond motifs is 4. The molecule has 16 nitrogen and oxygen atoms in total. The molecule has 0 radical (unpaired) electrons. The lowest BCUT2D eigenvalue weighted by atomic mass is 9.93. The van der Waals surface area contributed by atoms with E-state index in [9.17, 15) is 40.2 Å². The number of rotatable bonds is 4. The van der Waals surface area contributed by atoms with E-state index in [2.05, 4.69) is 0 Å². The molecule has 3 fully saturated rings. The number of methoxy groups -OCH3 is 2. The van der Waals surface area contributed by atoms with Gasteiger partial charge >= 0.3 is 26.6 Å². The molecule has 10 unspecified atom stereocenters. The van der Waals surface area contributed by atoms with Crippen LogP contribution in [0.15, 0.2) is 0 Å². The van der Waals surface area contributed by atoms with Crippen molar-refractivity contribution in [1.82, 2.24) is 0 Å². The van der Waals surface area contributed by atoms with E-state index in [1.54, 1.807) is 0 Å². The number of aliphatic carboxylic acids is 2. The summed E-state index contributed by atoms with van der Waals surface area (Å²) in [4.78, 5) is 23.4. The Labute approximate surface area is 193 Å². The first-order valence-corrected chi connectivity index (χ1v) is 10.2. The van der Waals surface area contributed by atoms with Crippen LogP contribution < -0.4 is 0 Å². The van der Waals surface area contributed by atoms with E-state index in [1.807, 2.05) is 0 Å². The predicted molar refractivity (Wildman–Crippen MR) is 104 cm³/mol. The zero-order valence-electron chi connectivity index (χ0n) is 18.1. The second-order valence-corrected chi connectivity index (χ2v) is 7.75. The van der Waals surface area contributed by atoms with Crippen molar-refractivity contribution in [1.29, 1.82) is 0 Å². The highest BCUT2D eigenvalue weighted by atomic mass is 16.8. The second kappa shape index (κ2) is 11.5. The minimum Gasteiger partial charge on any atom is -0.479 e. The van der Waals surface area contributed by atoms with E-state index in [1.165, 1.54) is 7.11 Å². The number of aliphatic hydroxyl groups is 4. The maximum atomic E-state index is 11.8. The minimum atomic E-state index is -2.18. The molecule has 0 amide bonds. The van der Waals surface area contributed by atoms with Crippen molar-refractivity contribution < 1.29 is 77.6 Å². The smallest absolute Gasteiger partial charge is 0.479 e. The average molecular weight is 496 g/mol. The van der Waals surface area contributed by atoms with Crippen LogP contribution in [0.3, 0.4) is 0 Å². The number of carboxylic acids is 2. The Morgan fingerprint density at radius 2 is 1.32 bits per heavy atom. The van der Waals surface area contributed by atoms with Gasteiger partial charge in [-0.1, -0.05) is 0 Å². The first kappa shape index (κ1) is 27.2. The van der Waals surface area contributed by atoms with E-state index in [-0.39, 0.29) is 6.61 Å². The summed E-state index contributed by atoms with van der Waals surface area (Å²) in [5.74, 6) is -3.41. The van der Waals surface area contributed by atoms with E-state index in [4.69, 9.17) is 37.4 Å². The van der Waals surface area contributed by atoms with Crippen molar-refractivity contribution in [3.05, 3.63) is 0 Å². The number of hydrogen-bond donors (Lipinski definition) is 6. The lowest BCUT2D eigenvalue weighted by Gasteiger charge is -2.40. The van der Waals surface area contributed by atoms with Gasteiger partial charge in [-0.25, -0.2) is 9.59 Å². The zero-order valence-corrected chi connectivity index (χ0v) is 18.1. The molecule has 6 N–H and O–H groups in total. The van der Waals surface area contributed by atoms with Gasteiger partial charge in [-0.3, -0.25) is 0 Å². The summed E-state index contributed by atoms with van der Waals surface area (Å²) in [5, 5.41) is 61.4. The van der Waals surface area contributed by atoms with Crippen molar-refractivity contribution in [2.24, 2.45) is 0 Å². The summed E-state index contributed by atoms with van der Waals surface area (Å²) < 4.78 is 41.8. The summed E-state index contributed by atoms with van der Waals surface area (Å²) in [6, 6.07) is 0. The number of ether oxygens (including phenoxy) is 2. The fraction of sp³-hybridized carbons (Fsp3) is 0.875. The molecule has 0 spiro atoms. The SMILES string of the molecule is COC1COB2OCC(O2)C(O)C(OC)C(O)C(C(=O)O)OB2OC(C(=O)O)C(O)C(O2)C1O. The average Bonchev–Trinajstić information content (AvgIpc) is 3.26. The van der Waals surface area contributed by atoms with Crippen molar-refractivity contribution in [3.8, 4) is 0 Å². The van der Waals surface area contributed by atoms with Gasteiger partial charge < -0.3 is 68.0 Å². The van der Waals surface area contributed by atoms with Crippen molar-refractivity contribution in [2.45, 2.75) is 61.0 Å². The van der Waals surface area contributed by atoms with Gasteiger partial charge in [0.2, 0.25) is 0 Å². The molecule has 18 heteroatoms. The van der Waals surface area contributed by atoms with Crippen LogP contribution in [-0.2, 0) is 47.0 Å². The maximum absolute atomic E-state index is 11.8. The van der Waals surface area contributed by atoms with Crippen molar-refractivity contribution >= 4 is 26.6 Å². The van der Waals surface area contributed by atoms with Gasteiger partial charge in [0.1, 0.15) is 42.7 Å². The molecule has 0 aromatic carbocycles. The number of carbonyl (C=O) groups is 2. The molecule has 3 heterocycles. The summed E-state index contributed by atoms with van der Waals surface area (Å²) in [6.07, 6.45) is -17.2. The van der Waals surface area contributed by atoms with E-state index in [0.717, 1.165) is 7.11 Å². The predicted octanol–water partition coefficient (Wildman–Crippen LogP) is -4.79. The molecule has 34 heavy (non-hydrogen) atoms. The molecule has 10 atom stereocenters. The largest absolute Gasteiger partial charge is 0.641 e. The Morgan fingerprint density at radius 3 is 1.88 bits per heavy atom. The van der Waals surface area contributed by atoms with Crippen LogP contribution in [0.4, 0.5) is 0 Å². The van der Waals surface area contributed by atoms with Crippen LogP contribution in [0.2, 0.25) is 0 Å². The normalized spacial score (nSPS) is 42.1. The molecular weight excluding hydrogens is 470 g/mol. The van der Waals surface area contributed by atoms with E-state index >= 15 is 0 Å². The first-order chi connectivity index (χ1) is 16.1. The van der Waals surface area contributed by atoms with Crippen molar-refractivity contribution in [2.75, 3.05) is 27.4 Å². The van der Waals surface area contributed by atoms with Gasteiger partial charge in [-0.15, -0.1) is 0 Å². The topological polar surface area (TPSA) is 229 Å². The highest BCUT2D eigenvalue weighted by Crippen LogP contribution is 2.27. The number of aliphatic hydroxyl groups excluding tert-OH is 4. The molecule has 3 aliphatic heterocycles. The standard InChI is InChI=1S/C16H26B2O16/c1-27-5-3-29-17-30-4-6(31-17)8(20)11(28-2)9(21)13(15(23)24)33-18-32-12(7(5)19)10(22)14(34-18)16(25)26/h5-14,19-22H,3-4H2,1-2H3,(H,23,24)(H,25,26). The summed E-state index contributed by atoms with van der Waals surface area (Å²) >= 11 is 0. The molecule has 4 bridgehead atoms. The molecule has 3 rings (SSSR count). The lowest BCUT2D eigenvalue weighted by Crippen LogP contribution is -2.63. The molecule has 0 saturated carbocycles. The summed E-state index contributed by atoms with van der Waals surface area (Å²) in [5.41, 5.74) is 0. The van der Waals surface area contributed by atoms with Gasteiger partial charge in [0.25, 0.3) is 0 Å². The van der Waals surface area contributed by atoms with E-state index < -0.39 is 94.2 Å². The number of hydrogen-bond acceptors (Lipinski definition) is 14. The molecule has 0 aliphatic carbocycles. The Bertz CT molecular complexity index is 714. The molecule has 3 aliphatic rings. The Hall–Kier alpha value is -1.41. The van der Waals surface area contributed by atoms with Crippen LogP contribution in [-0.4, -0.2) is 146 Å². The van der Waals surface area contributed by atoms with Gasteiger partial charge in [-0.2, -0.15) is 0 Å². The third-order valence-electron chi connectivity index (χ3n) is 5.65. The van der Waals surface area contributed by atoms with Gasteiger partial charge in [-0.05, 0) is 0 Å². The molecule has 0 aromatic heterocycles. The van der Waals surface area contributed by atoms with Crippen LogP contribution in [0, 0.1) is 0 Å². The minimum absolute atomic E-state index is 0.215. The Morgan fingerprint density at radius 1 is 0.735 bits per heavy atom. The van der Waals surface area contributed by atoms with Crippen LogP contribution in [0.5, 0.6) is 0 Å². The zero-order chi connectivity index (χ0) is 25.2.